The first-order chi connectivity index (χ1) is 6.65. The number of benzene rings is 1. The van der Waals surface area contributed by atoms with Crippen LogP contribution in [0, 0.1) is 24.6 Å². The molecule has 0 bridgehead atoms. The van der Waals surface area contributed by atoms with Gasteiger partial charge in [0, 0.05) is 18.0 Å². The summed E-state index contributed by atoms with van der Waals surface area (Å²) in [6, 6.07) is 4.63. The summed E-state index contributed by atoms with van der Waals surface area (Å²) in [6.07, 6.45) is 0.497. The standard InChI is InChI=1S/C12H14FN/c1-3-4-5-12(14)10-8-9(2)6-7-11(10)13/h6-8,12H,5,14H2,1-2H3. The SMILES string of the molecule is CC#CCC(N)c1cc(C)ccc1F. The van der Waals surface area contributed by atoms with E-state index in [9.17, 15) is 4.39 Å². The van der Waals surface area contributed by atoms with Gasteiger partial charge in [-0.15, -0.1) is 11.8 Å². The van der Waals surface area contributed by atoms with Crippen LogP contribution in [0.25, 0.3) is 0 Å². The van der Waals surface area contributed by atoms with E-state index in [2.05, 4.69) is 11.8 Å². The molecule has 14 heavy (non-hydrogen) atoms. The van der Waals surface area contributed by atoms with Crippen LogP contribution in [0.5, 0.6) is 0 Å². The van der Waals surface area contributed by atoms with Crippen molar-refractivity contribution in [1.29, 1.82) is 0 Å². The van der Waals surface area contributed by atoms with E-state index in [-0.39, 0.29) is 11.9 Å². The molecule has 0 spiro atoms. The Morgan fingerprint density at radius 1 is 1.50 bits per heavy atom. The first-order valence-electron chi connectivity index (χ1n) is 4.56. The number of nitrogens with two attached hydrogens (primary N) is 1. The quantitative estimate of drug-likeness (QED) is 0.714. The molecule has 0 saturated heterocycles. The molecule has 1 aromatic carbocycles. The van der Waals surface area contributed by atoms with Gasteiger partial charge in [-0.2, -0.15) is 0 Å². The highest BCUT2D eigenvalue weighted by molar-refractivity contribution is 5.27. The van der Waals surface area contributed by atoms with E-state index in [4.69, 9.17) is 5.73 Å². The van der Waals surface area contributed by atoms with Crippen LogP contribution in [0.15, 0.2) is 18.2 Å². The highest BCUT2D eigenvalue weighted by Crippen LogP contribution is 2.18. The van der Waals surface area contributed by atoms with Crippen LogP contribution < -0.4 is 5.73 Å². The molecular weight excluding hydrogens is 177 g/mol. The van der Waals surface area contributed by atoms with E-state index in [0.717, 1.165) is 5.56 Å². The number of aryl methyl sites for hydroxylation is 1. The van der Waals surface area contributed by atoms with Gasteiger partial charge in [0.15, 0.2) is 0 Å². The van der Waals surface area contributed by atoms with E-state index in [1.165, 1.54) is 6.07 Å². The van der Waals surface area contributed by atoms with Crippen LogP contribution in [-0.4, -0.2) is 0 Å². The van der Waals surface area contributed by atoms with Crippen molar-refractivity contribution in [1.82, 2.24) is 0 Å². The lowest BCUT2D eigenvalue weighted by atomic mass is 10.0. The van der Waals surface area contributed by atoms with Crippen molar-refractivity contribution in [2.24, 2.45) is 5.73 Å². The Kier molecular flexibility index (Phi) is 3.67. The van der Waals surface area contributed by atoms with Gasteiger partial charge in [0.25, 0.3) is 0 Å². The fourth-order valence-electron chi connectivity index (χ4n) is 1.27. The molecule has 0 aliphatic heterocycles. The molecule has 0 aliphatic rings. The lowest BCUT2D eigenvalue weighted by molar-refractivity contribution is 0.585. The molecule has 2 heteroatoms. The summed E-state index contributed by atoms with van der Waals surface area (Å²) >= 11 is 0. The van der Waals surface area contributed by atoms with Gasteiger partial charge < -0.3 is 5.73 Å². The predicted octanol–water partition coefficient (Wildman–Crippen LogP) is 2.55. The molecule has 0 heterocycles. The normalized spacial score (nSPS) is 11.7. The van der Waals surface area contributed by atoms with Gasteiger partial charge in [0.2, 0.25) is 0 Å². The summed E-state index contributed by atoms with van der Waals surface area (Å²) in [5, 5.41) is 0. The van der Waals surface area contributed by atoms with E-state index in [1.807, 2.05) is 6.92 Å². The number of hydrogen-bond acceptors (Lipinski definition) is 1. The molecule has 1 rings (SSSR count). The average molecular weight is 191 g/mol. The van der Waals surface area contributed by atoms with Crippen LogP contribution in [0.2, 0.25) is 0 Å². The second kappa shape index (κ2) is 4.78. The van der Waals surface area contributed by atoms with Crippen LogP contribution in [0.4, 0.5) is 4.39 Å². The second-order valence-electron chi connectivity index (χ2n) is 3.26. The van der Waals surface area contributed by atoms with E-state index < -0.39 is 0 Å². The molecule has 0 fully saturated rings. The Balaban J connectivity index is 2.91. The minimum atomic E-state index is -0.331. The Labute approximate surface area is 84.1 Å². The minimum Gasteiger partial charge on any atom is -0.323 e. The Morgan fingerprint density at radius 2 is 2.21 bits per heavy atom. The first-order valence-corrected chi connectivity index (χ1v) is 4.56. The fourth-order valence-corrected chi connectivity index (χ4v) is 1.27. The summed E-state index contributed by atoms with van der Waals surface area (Å²) < 4.78 is 13.3. The third-order valence-electron chi connectivity index (χ3n) is 2.05. The molecule has 0 aromatic heterocycles. The van der Waals surface area contributed by atoms with Gasteiger partial charge in [-0.1, -0.05) is 17.7 Å². The summed E-state index contributed by atoms with van der Waals surface area (Å²) in [4.78, 5) is 0. The fraction of sp³-hybridized carbons (Fsp3) is 0.333. The summed E-state index contributed by atoms with van der Waals surface area (Å²) in [6.45, 7) is 3.67. The van der Waals surface area contributed by atoms with Crippen LogP contribution in [0.3, 0.4) is 0 Å². The van der Waals surface area contributed by atoms with Crippen molar-refractivity contribution in [3.05, 3.63) is 35.1 Å². The highest BCUT2D eigenvalue weighted by atomic mass is 19.1. The molecule has 1 atom stereocenters. The number of rotatable bonds is 2. The maximum atomic E-state index is 13.3. The molecule has 2 N–H and O–H groups in total. The monoisotopic (exact) mass is 191 g/mol. The molecule has 0 saturated carbocycles. The second-order valence-corrected chi connectivity index (χ2v) is 3.26. The summed E-state index contributed by atoms with van der Waals surface area (Å²) in [5.74, 6) is 5.35. The minimum absolute atomic E-state index is 0.249. The van der Waals surface area contributed by atoms with Gasteiger partial charge in [0.05, 0.1) is 0 Å². The van der Waals surface area contributed by atoms with Gasteiger partial charge in [-0.05, 0) is 19.9 Å². The lowest BCUT2D eigenvalue weighted by Gasteiger charge is -2.10. The lowest BCUT2D eigenvalue weighted by Crippen LogP contribution is -2.11. The van der Waals surface area contributed by atoms with Crippen molar-refractivity contribution in [3.8, 4) is 11.8 Å². The maximum Gasteiger partial charge on any atom is 0.128 e. The van der Waals surface area contributed by atoms with Crippen molar-refractivity contribution in [2.75, 3.05) is 0 Å². The van der Waals surface area contributed by atoms with Crippen molar-refractivity contribution in [2.45, 2.75) is 26.3 Å². The Morgan fingerprint density at radius 3 is 2.86 bits per heavy atom. The third kappa shape index (κ3) is 2.58. The zero-order valence-corrected chi connectivity index (χ0v) is 8.47. The zero-order valence-electron chi connectivity index (χ0n) is 8.47. The number of hydrogen-bond donors (Lipinski definition) is 1. The molecule has 1 unspecified atom stereocenters. The molecule has 74 valence electrons. The van der Waals surface area contributed by atoms with E-state index in [0.29, 0.717) is 12.0 Å². The molecule has 0 aliphatic carbocycles. The summed E-state index contributed by atoms with van der Waals surface area (Å²) in [7, 11) is 0. The maximum absolute atomic E-state index is 13.3. The summed E-state index contributed by atoms with van der Waals surface area (Å²) in [5.41, 5.74) is 7.37. The smallest absolute Gasteiger partial charge is 0.128 e. The van der Waals surface area contributed by atoms with Gasteiger partial charge >= 0.3 is 0 Å². The van der Waals surface area contributed by atoms with Crippen LogP contribution >= 0.6 is 0 Å². The van der Waals surface area contributed by atoms with Crippen LogP contribution in [0.1, 0.15) is 30.5 Å². The van der Waals surface area contributed by atoms with Crippen molar-refractivity contribution >= 4 is 0 Å². The third-order valence-corrected chi connectivity index (χ3v) is 2.05. The molecule has 1 nitrogen and oxygen atoms in total. The largest absolute Gasteiger partial charge is 0.323 e. The van der Waals surface area contributed by atoms with Gasteiger partial charge in [0.1, 0.15) is 5.82 Å². The average Bonchev–Trinajstić information content (AvgIpc) is 2.18. The first kappa shape index (κ1) is 10.7. The zero-order chi connectivity index (χ0) is 10.6. The Hall–Kier alpha value is -1.33. The van der Waals surface area contributed by atoms with E-state index in [1.54, 1.807) is 19.1 Å². The molecule has 0 radical (unpaired) electrons. The molecular formula is C12H14FN. The number of halogens is 1. The molecule has 0 amide bonds. The molecule has 1 aromatic rings. The van der Waals surface area contributed by atoms with Gasteiger partial charge in [-0.3, -0.25) is 0 Å². The Bertz CT molecular complexity index is 374. The van der Waals surface area contributed by atoms with Crippen LogP contribution in [-0.2, 0) is 0 Å². The predicted molar refractivity (Wildman–Crippen MR) is 56.1 cm³/mol. The highest BCUT2D eigenvalue weighted by Gasteiger charge is 2.09. The van der Waals surface area contributed by atoms with Gasteiger partial charge in [-0.25, -0.2) is 4.39 Å². The van der Waals surface area contributed by atoms with E-state index >= 15 is 0 Å². The van der Waals surface area contributed by atoms with Crippen molar-refractivity contribution < 1.29 is 4.39 Å². The topological polar surface area (TPSA) is 26.0 Å². The van der Waals surface area contributed by atoms with Crippen molar-refractivity contribution in [3.63, 3.8) is 0 Å².